The molecule has 0 N–H and O–H groups in total. The first kappa shape index (κ1) is 51.0. The minimum atomic E-state index is -4.82. The average Bonchev–Trinajstić information content (AvgIpc) is 3.74. The Morgan fingerprint density at radius 1 is 0.776 bits per heavy atom. The number of aryl methyl sites for hydroxylation is 2. The second-order valence-electron chi connectivity index (χ2n) is 18.0. The standard InChI is InChI=1S/C47H56N4O13S3/c1-33-12-16-39-37(31-33)46(2,3)41(49(39)25-9-29-65(55,56)57)18-13-34(35-22-27-48(28-23-35)24-8-6-7-11-45(54)64-51-43(52)20-21-44(51)53)14-19-42-47(4,5)38-32-36(67(61,62)63)15-17-40(38)50(42)26-10-30-66(58,59)60/h12-19,22-23,27-28,31-32H,6-11,20-21,24-26,29-30H2,1-5H3,(H-2,55,56,57,58,59,60,61,62,63)/p-1. The number of carbonyl (C=O) groups is 3. The van der Waals surface area contributed by atoms with Crippen LogP contribution in [0.5, 0.6) is 0 Å². The van der Waals surface area contributed by atoms with Crippen LogP contribution in [-0.4, -0.2) is 96.6 Å². The summed E-state index contributed by atoms with van der Waals surface area (Å²) in [7, 11) is -13.8. The number of unbranched alkanes of at least 4 members (excludes halogenated alkanes) is 2. The second kappa shape index (κ2) is 20.1. The predicted molar refractivity (Wildman–Crippen MR) is 245 cm³/mol. The molecule has 2 amide bonds. The van der Waals surface area contributed by atoms with Crippen molar-refractivity contribution in [1.82, 2.24) is 5.06 Å². The van der Waals surface area contributed by atoms with E-state index in [2.05, 4.69) is 19.9 Å². The number of fused-ring (bicyclic) bond motifs is 2. The van der Waals surface area contributed by atoms with Crippen molar-refractivity contribution in [2.24, 2.45) is 0 Å². The van der Waals surface area contributed by atoms with Crippen molar-refractivity contribution < 1.29 is 67.3 Å². The highest BCUT2D eigenvalue weighted by molar-refractivity contribution is 7.86. The van der Waals surface area contributed by atoms with E-state index in [0.717, 1.165) is 28.1 Å². The van der Waals surface area contributed by atoms with Crippen LogP contribution < -0.4 is 9.47 Å². The fourth-order valence-corrected chi connectivity index (χ4v) is 10.3. The third-order valence-electron chi connectivity index (χ3n) is 12.3. The number of imide groups is 1. The predicted octanol–water partition coefficient (Wildman–Crippen LogP) is 4.92. The van der Waals surface area contributed by atoms with Crippen molar-refractivity contribution in [2.75, 3.05) is 29.5 Å². The van der Waals surface area contributed by atoms with Crippen LogP contribution in [0.25, 0.3) is 5.57 Å². The number of hydrogen-bond donors (Lipinski definition) is 0. The molecule has 2 aromatic carbocycles. The third kappa shape index (κ3) is 12.4. The first-order valence-electron chi connectivity index (χ1n) is 21.9. The van der Waals surface area contributed by atoms with Crippen LogP contribution in [0.2, 0.25) is 0 Å². The molecule has 1 aromatic heterocycles. The summed E-state index contributed by atoms with van der Waals surface area (Å²) in [6.07, 6.45) is 13.4. The van der Waals surface area contributed by atoms with Crippen LogP contribution >= 0.6 is 0 Å². The molecule has 3 aromatic rings. The van der Waals surface area contributed by atoms with E-state index < -0.39 is 75.4 Å². The summed E-state index contributed by atoms with van der Waals surface area (Å²) in [6, 6.07) is 13.9. The quantitative estimate of drug-likeness (QED) is 0.0480. The molecule has 0 aliphatic carbocycles. The molecule has 0 radical (unpaired) electrons. The minimum Gasteiger partial charge on any atom is -0.748 e. The summed E-state index contributed by atoms with van der Waals surface area (Å²) in [4.78, 5) is 42.4. The van der Waals surface area contributed by atoms with Crippen molar-refractivity contribution in [1.29, 1.82) is 0 Å². The Bertz CT molecular complexity index is 2900. The average molecular weight is 980 g/mol. The molecule has 0 spiro atoms. The Morgan fingerprint density at radius 2 is 1.43 bits per heavy atom. The summed E-state index contributed by atoms with van der Waals surface area (Å²) in [6.45, 7) is 10.8. The largest absolute Gasteiger partial charge is 0.748 e. The lowest BCUT2D eigenvalue weighted by atomic mass is 9.81. The smallest absolute Gasteiger partial charge is 0.333 e. The molecule has 360 valence electrons. The SMILES string of the molecule is Cc1ccc2c(c1)C(C)(C)C(=CC=C(C=CC1=[N+](CCCS(=O)(=O)[O-])c3ccc(S(=O)(=O)[O-])cc3C1(C)C)c1cc[n+](CCCCCC(=O)ON3C(=O)CCC3=O)cc1)N2CCCS(=O)(=O)[O-]. The fourth-order valence-electron chi connectivity index (χ4n) is 8.81. The van der Waals surface area contributed by atoms with E-state index in [0.29, 0.717) is 53.4 Å². The van der Waals surface area contributed by atoms with Gasteiger partial charge in [0.05, 0.1) is 30.5 Å². The minimum absolute atomic E-state index is 0.0191. The molecule has 0 saturated carbocycles. The van der Waals surface area contributed by atoms with Gasteiger partial charge in [-0.2, -0.15) is 4.58 Å². The zero-order valence-corrected chi connectivity index (χ0v) is 40.5. The van der Waals surface area contributed by atoms with Gasteiger partial charge in [-0.15, -0.1) is 5.06 Å². The number of nitrogens with zero attached hydrogens (tertiary/aromatic N) is 4. The summed E-state index contributed by atoms with van der Waals surface area (Å²) in [5.74, 6) is -2.87. The molecule has 1 saturated heterocycles. The van der Waals surface area contributed by atoms with Crippen molar-refractivity contribution in [3.8, 4) is 0 Å². The number of allylic oxidation sites excluding steroid dienone is 6. The van der Waals surface area contributed by atoms with Crippen LogP contribution in [-0.2, 0) is 67.0 Å². The van der Waals surface area contributed by atoms with Crippen molar-refractivity contribution in [3.63, 3.8) is 0 Å². The van der Waals surface area contributed by atoms with E-state index in [1.807, 2.05) is 95.8 Å². The molecule has 1 fully saturated rings. The van der Waals surface area contributed by atoms with E-state index in [1.165, 1.54) is 18.2 Å². The summed E-state index contributed by atoms with van der Waals surface area (Å²) >= 11 is 0. The zero-order chi connectivity index (χ0) is 49.1. The van der Waals surface area contributed by atoms with E-state index in [1.54, 1.807) is 0 Å². The van der Waals surface area contributed by atoms with Gasteiger partial charge in [0.1, 0.15) is 23.2 Å². The van der Waals surface area contributed by atoms with Gasteiger partial charge in [-0.05, 0) is 87.1 Å². The molecule has 4 heterocycles. The topological polar surface area (TPSA) is 245 Å². The number of carbonyl (C=O) groups excluding carboxylic acids is 3. The summed E-state index contributed by atoms with van der Waals surface area (Å²) in [5.41, 5.74) is 5.56. The Hall–Kier alpha value is -5.38. The number of pyridine rings is 1. The molecule has 3 aliphatic rings. The summed E-state index contributed by atoms with van der Waals surface area (Å²) in [5, 5.41) is 0.540. The van der Waals surface area contributed by atoms with Crippen LogP contribution in [0.1, 0.15) is 101 Å². The first-order valence-corrected chi connectivity index (χ1v) is 26.5. The molecule has 0 unspecified atom stereocenters. The van der Waals surface area contributed by atoms with Gasteiger partial charge in [0.25, 0.3) is 11.8 Å². The van der Waals surface area contributed by atoms with E-state index in [4.69, 9.17) is 4.84 Å². The molecule has 0 atom stereocenters. The zero-order valence-electron chi connectivity index (χ0n) is 38.1. The molecule has 0 bridgehead atoms. The molecule has 3 aliphatic heterocycles. The maximum Gasteiger partial charge on any atom is 0.333 e. The molecule has 20 heteroatoms. The fraction of sp³-hybridized carbons (Fsp3) is 0.426. The highest BCUT2D eigenvalue weighted by atomic mass is 32.2. The normalized spacial score (nSPS) is 17.9. The van der Waals surface area contributed by atoms with Crippen molar-refractivity contribution in [3.05, 3.63) is 113 Å². The number of rotatable bonds is 20. The third-order valence-corrected chi connectivity index (χ3v) is 14.7. The highest BCUT2D eigenvalue weighted by Crippen LogP contribution is 2.48. The monoisotopic (exact) mass is 979 g/mol. The number of aromatic nitrogens is 1. The Balaban J connectivity index is 1.35. The van der Waals surface area contributed by atoms with Crippen LogP contribution in [0.3, 0.4) is 0 Å². The molecule has 6 rings (SSSR count). The Kier molecular flexibility index (Phi) is 15.3. The number of amides is 2. The lowest BCUT2D eigenvalue weighted by Gasteiger charge is -2.27. The van der Waals surface area contributed by atoms with Crippen LogP contribution in [0, 0.1) is 6.92 Å². The van der Waals surface area contributed by atoms with E-state index >= 15 is 0 Å². The highest BCUT2D eigenvalue weighted by Gasteiger charge is 2.45. The summed E-state index contributed by atoms with van der Waals surface area (Å²) < 4.78 is 110. The first-order chi connectivity index (χ1) is 31.3. The number of hydroxylamine groups is 2. The van der Waals surface area contributed by atoms with Crippen molar-refractivity contribution >= 4 is 70.8 Å². The van der Waals surface area contributed by atoms with Crippen LogP contribution in [0.15, 0.2) is 95.8 Å². The van der Waals surface area contributed by atoms with Gasteiger partial charge in [-0.1, -0.05) is 37.6 Å². The van der Waals surface area contributed by atoms with E-state index in [9.17, 15) is 53.3 Å². The van der Waals surface area contributed by atoms with Gasteiger partial charge in [0, 0.05) is 96.8 Å². The number of anilines is 1. The van der Waals surface area contributed by atoms with Gasteiger partial charge in [-0.25, -0.2) is 34.6 Å². The lowest BCUT2D eigenvalue weighted by molar-refractivity contribution is -0.697. The lowest BCUT2D eigenvalue weighted by Crippen LogP contribution is -2.32. The van der Waals surface area contributed by atoms with Crippen molar-refractivity contribution in [2.45, 2.75) is 108 Å². The molecule has 17 nitrogen and oxygen atoms in total. The van der Waals surface area contributed by atoms with Gasteiger partial charge in [-0.3, -0.25) is 9.59 Å². The number of benzene rings is 2. The van der Waals surface area contributed by atoms with E-state index in [-0.39, 0.29) is 45.2 Å². The maximum atomic E-state index is 12.3. The second-order valence-corrected chi connectivity index (χ2v) is 22.4. The van der Waals surface area contributed by atoms with Crippen LogP contribution in [0.4, 0.5) is 11.4 Å². The maximum absolute atomic E-state index is 12.3. The molecular weight excluding hydrogens is 925 g/mol. The molecule has 67 heavy (non-hydrogen) atoms. The van der Waals surface area contributed by atoms with Gasteiger partial charge < -0.3 is 23.4 Å². The van der Waals surface area contributed by atoms with Gasteiger partial charge in [0.2, 0.25) is 5.69 Å². The Morgan fingerprint density at radius 3 is 2.07 bits per heavy atom. The Labute approximate surface area is 392 Å². The number of hydrogen-bond acceptors (Lipinski definition) is 14. The van der Waals surface area contributed by atoms with Gasteiger partial charge >= 0.3 is 5.97 Å². The molecular formula is C47H55N4O13S3-. The van der Waals surface area contributed by atoms with Gasteiger partial charge in [0.15, 0.2) is 18.1 Å².